The van der Waals surface area contributed by atoms with E-state index in [-0.39, 0.29) is 5.60 Å². The summed E-state index contributed by atoms with van der Waals surface area (Å²) in [4.78, 5) is 8.09. The van der Waals surface area contributed by atoms with Crippen molar-refractivity contribution in [3.8, 4) is 6.01 Å². The number of aromatic nitrogens is 2. The van der Waals surface area contributed by atoms with Crippen molar-refractivity contribution in [3.05, 3.63) is 18.0 Å². The number of hydrogen-bond donors (Lipinski definition) is 1. The first-order chi connectivity index (χ1) is 7.51. The Hall–Kier alpha value is -1.20. The third kappa shape index (κ3) is 5.04. The SMILES string of the molecule is CC(C)(C)OCCOc1nccc(CN)n1. The molecule has 0 bridgehead atoms. The smallest absolute Gasteiger partial charge is 0.316 e. The van der Waals surface area contributed by atoms with Crippen molar-refractivity contribution in [2.45, 2.75) is 32.9 Å². The van der Waals surface area contributed by atoms with E-state index in [0.717, 1.165) is 5.69 Å². The largest absolute Gasteiger partial charge is 0.461 e. The monoisotopic (exact) mass is 225 g/mol. The van der Waals surface area contributed by atoms with Crippen molar-refractivity contribution in [1.29, 1.82) is 0 Å². The van der Waals surface area contributed by atoms with E-state index in [0.29, 0.717) is 25.8 Å². The molecule has 0 saturated carbocycles. The highest BCUT2D eigenvalue weighted by atomic mass is 16.5. The van der Waals surface area contributed by atoms with Gasteiger partial charge in [0.25, 0.3) is 0 Å². The summed E-state index contributed by atoms with van der Waals surface area (Å²) in [6.45, 7) is 7.33. The van der Waals surface area contributed by atoms with Gasteiger partial charge in [0.1, 0.15) is 6.61 Å². The zero-order chi connectivity index (χ0) is 12.0. The fourth-order valence-electron chi connectivity index (χ4n) is 1.04. The van der Waals surface area contributed by atoms with Crippen molar-refractivity contribution in [2.24, 2.45) is 5.73 Å². The van der Waals surface area contributed by atoms with E-state index >= 15 is 0 Å². The zero-order valence-electron chi connectivity index (χ0n) is 10.1. The van der Waals surface area contributed by atoms with Crippen LogP contribution in [0.5, 0.6) is 6.01 Å². The predicted octanol–water partition coefficient (Wildman–Crippen LogP) is 1.13. The first-order valence-electron chi connectivity index (χ1n) is 5.30. The molecule has 0 aliphatic carbocycles. The van der Waals surface area contributed by atoms with Gasteiger partial charge in [-0.3, -0.25) is 0 Å². The lowest BCUT2D eigenvalue weighted by Crippen LogP contribution is -2.22. The van der Waals surface area contributed by atoms with Crippen molar-refractivity contribution < 1.29 is 9.47 Å². The van der Waals surface area contributed by atoms with Crippen LogP contribution in [0.4, 0.5) is 0 Å². The maximum atomic E-state index is 5.50. The summed E-state index contributed by atoms with van der Waals surface area (Å²) in [7, 11) is 0. The molecule has 5 heteroatoms. The maximum Gasteiger partial charge on any atom is 0.316 e. The fourth-order valence-corrected chi connectivity index (χ4v) is 1.04. The second-order valence-electron chi connectivity index (χ2n) is 4.34. The van der Waals surface area contributed by atoms with Gasteiger partial charge in [0.2, 0.25) is 0 Å². The molecule has 0 aliphatic rings. The molecule has 1 aromatic heterocycles. The molecular weight excluding hydrogens is 206 g/mol. The van der Waals surface area contributed by atoms with Gasteiger partial charge in [-0.05, 0) is 26.8 Å². The third-order valence-electron chi connectivity index (χ3n) is 1.75. The molecule has 0 spiro atoms. The van der Waals surface area contributed by atoms with E-state index in [1.54, 1.807) is 12.3 Å². The number of nitrogens with zero attached hydrogens (tertiary/aromatic N) is 2. The van der Waals surface area contributed by atoms with Crippen LogP contribution in [0.2, 0.25) is 0 Å². The topological polar surface area (TPSA) is 70.3 Å². The molecular formula is C11H19N3O2. The molecule has 0 saturated heterocycles. The number of ether oxygens (including phenoxy) is 2. The van der Waals surface area contributed by atoms with E-state index < -0.39 is 0 Å². The summed E-state index contributed by atoms with van der Waals surface area (Å²) in [5.41, 5.74) is 6.08. The Bertz CT molecular complexity index is 323. The minimum absolute atomic E-state index is 0.149. The Kier molecular flexibility index (Phi) is 4.64. The Labute approximate surface area is 96.0 Å². The summed E-state index contributed by atoms with van der Waals surface area (Å²) in [6, 6.07) is 2.11. The van der Waals surface area contributed by atoms with E-state index in [4.69, 9.17) is 15.2 Å². The van der Waals surface area contributed by atoms with E-state index in [1.807, 2.05) is 20.8 Å². The van der Waals surface area contributed by atoms with E-state index in [9.17, 15) is 0 Å². The number of rotatable bonds is 5. The van der Waals surface area contributed by atoms with E-state index in [1.165, 1.54) is 0 Å². The van der Waals surface area contributed by atoms with Crippen LogP contribution >= 0.6 is 0 Å². The van der Waals surface area contributed by atoms with Crippen molar-refractivity contribution >= 4 is 0 Å². The second kappa shape index (κ2) is 5.77. The quantitative estimate of drug-likeness (QED) is 0.761. The first kappa shape index (κ1) is 12.9. The molecule has 1 aromatic rings. The van der Waals surface area contributed by atoms with Gasteiger partial charge in [-0.25, -0.2) is 4.98 Å². The molecule has 16 heavy (non-hydrogen) atoms. The Morgan fingerprint density at radius 3 is 2.69 bits per heavy atom. The van der Waals surface area contributed by atoms with Gasteiger partial charge < -0.3 is 15.2 Å². The number of hydrogen-bond acceptors (Lipinski definition) is 5. The number of nitrogens with two attached hydrogens (primary N) is 1. The maximum absolute atomic E-state index is 5.50. The lowest BCUT2D eigenvalue weighted by atomic mass is 10.2. The molecule has 90 valence electrons. The molecule has 0 aromatic carbocycles. The summed E-state index contributed by atoms with van der Waals surface area (Å²) in [6.07, 6.45) is 1.63. The van der Waals surface area contributed by atoms with Crippen LogP contribution in [0.3, 0.4) is 0 Å². The standard InChI is InChI=1S/C11H19N3O2/c1-11(2,3)16-7-6-15-10-13-5-4-9(8-12)14-10/h4-5H,6-8,12H2,1-3H3. The third-order valence-corrected chi connectivity index (χ3v) is 1.75. The summed E-state index contributed by atoms with van der Waals surface area (Å²) >= 11 is 0. The van der Waals surface area contributed by atoms with Gasteiger partial charge in [0, 0.05) is 12.7 Å². The van der Waals surface area contributed by atoms with Gasteiger partial charge in [0.15, 0.2) is 0 Å². The summed E-state index contributed by atoms with van der Waals surface area (Å²) in [5, 5.41) is 0. The Morgan fingerprint density at radius 2 is 2.06 bits per heavy atom. The van der Waals surface area contributed by atoms with Crippen LogP contribution in [-0.2, 0) is 11.3 Å². The van der Waals surface area contributed by atoms with Gasteiger partial charge in [0.05, 0.1) is 17.9 Å². The average Bonchev–Trinajstić information content (AvgIpc) is 2.23. The average molecular weight is 225 g/mol. The molecule has 1 rings (SSSR count). The minimum Gasteiger partial charge on any atom is -0.461 e. The minimum atomic E-state index is -0.149. The zero-order valence-corrected chi connectivity index (χ0v) is 10.1. The molecule has 0 aliphatic heterocycles. The molecule has 5 nitrogen and oxygen atoms in total. The Morgan fingerprint density at radius 1 is 1.31 bits per heavy atom. The molecule has 2 N–H and O–H groups in total. The normalized spacial score (nSPS) is 11.5. The Balaban J connectivity index is 2.32. The molecule has 0 amide bonds. The van der Waals surface area contributed by atoms with Gasteiger partial charge in [-0.1, -0.05) is 0 Å². The van der Waals surface area contributed by atoms with Crippen LogP contribution in [0, 0.1) is 0 Å². The molecule has 0 unspecified atom stereocenters. The van der Waals surface area contributed by atoms with E-state index in [2.05, 4.69) is 9.97 Å². The lowest BCUT2D eigenvalue weighted by Gasteiger charge is -2.19. The predicted molar refractivity (Wildman–Crippen MR) is 61.1 cm³/mol. The highest BCUT2D eigenvalue weighted by molar-refractivity contribution is 5.04. The lowest BCUT2D eigenvalue weighted by molar-refractivity contribution is -0.0174. The van der Waals surface area contributed by atoms with Crippen LogP contribution in [0.1, 0.15) is 26.5 Å². The van der Waals surface area contributed by atoms with Crippen LogP contribution in [-0.4, -0.2) is 28.8 Å². The fraction of sp³-hybridized carbons (Fsp3) is 0.636. The molecule has 0 fully saturated rings. The van der Waals surface area contributed by atoms with Crippen LogP contribution in [0.15, 0.2) is 12.3 Å². The molecule has 1 heterocycles. The van der Waals surface area contributed by atoms with Crippen molar-refractivity contribution in [3.63, 3.8) is 0 Å². The van der Waals surface area contributed by atoms with Gasteiger partial charge in [-0.15, -0.1) is 0 Å². The van der Waals surface area contributed by atoms with Crippen molar-refractivity contribution in [1.82, 2.24) is 9.97 Å². The highest BCUT2D eigenvalue weighted by Crippen LogP contribution is 2.07. The summed E-state index contributed by atoms with van der Waals surface area (Å²) < 4.78 is 10.8. The summed E-state index contributed by atoms with van der Waals surface area (Å²) in [5.74, 6) is 0. The second-order valence-corrected chi connectivity index (χ2v) is 4.34. The molecule has 0 radical (unpaired) electrons. The van der Waals surface area contributed by atoms with Crippen LogP contribution < -0.4 is 10.5 Å². The molecule has 0 atom stereocenters. The van der Waals surface area contributed by atoms with Crippen LogP contribution in [0.25, 0.3) is 0 Å². The van der Waals surface area contributed by atoms with Gasteiger partial charge >= 0.3 is 6.01 Å². The van der Waals surface area contributed by atoms with Crippen molar-refractivity contribution in [2.75, 3.05) is 13.2 Å². The highest BCUT2D eigenvalue weighted by Gasteiger charge is 2.09. The van der Waals surface area contributed by atoms with Gasteiger partial charge in [-0.2, -0.15) is 4.98 Å². The first-order valence-corrected chi connectivity index (χ1v) is 5.30.